The minimum absolute atomic E-state index is 0.00199. The van der Waals surface area contributed by atoms with Crippen molar-refractivity contribution in [2.24, 2.45) is 17.8 Å². The Kier molecular flexibility index (Phi) is 10.9. The Morgan fingerprint density at radius 3 is 2.53 bits per heavy atom. The van der Waals surface area contributed by atoms with Crippen LogP contribution in [0.25, 0.3) is 0 Å². The van der Waals surface area contributed by atoms with E-state index in [9.17, 15) is 22.8 Å². The molecule has 0 bridgehead atoms. The van der Waals surface area contributed by atoms with Crippen LogP contribution in [-0.2, 0) is 4.79 Å². The van der Waals surface area contributed by atoms with Crippen LogP contribution >= 0.6 is 0 Å². The number of ether oxygens (including phenoxy) is 1. The Labute approximate surface area is 221 Å². The summed E-state index contributed by atoms with van der Waals surface area (Å²) < 4.78 is 47.4. The molecule has 0 aliphatic carbocycles. The maximum atomic E-state index is 13.8. The van der Waals surface area contributed by atoms with Crippen molar-refractivity contribution >= 4 is 11.9 Å². The van der Waals surface area contributed by atoms with Crippen LogP contribution in [0.15, 0.2) is 48.7 Å². The zero-order valence-corrected chi connectivity index (χ0v) is 21.5. The van der Waals surface area contributed by atoms with E-state index in [-0.39, 0.29) is 50.3 Å². The molecule has 1 aliphatic rings. The number of rotatable bonds is 13. The fourth-order valence-electron chi connectivity index (χ4n) is 4.93. The van der Waals surface area contributed by atoms with Crippen LogP contribution in [0.1, 0.15) is 67.5 Å². The average molecular weight is 536 g/mol. The molecule has 3 rings (SSSR count). The van der Waals surface area contributed by atoms with Crippen molar-refractivity contribution in [1.82, 2.24) is 15.6 Å². The molecule has 2 unspecified atom stereocenters. The van der Waals surface area contributed by atoms with Crippen LogP contribution in [0.3, 0.4) is 0 Å². The molecule has 2 heterocycles. The van der Waals surface area contributed by atoms with Crippen molar-refractivity contribution in [3.8, 4) is 5.75 Å². The normalized spacial score (nSPS) is 19.4. The van der Waals surface area contributed by atoms with Crippen molar-refractivity contribution in [3.05, 3.63) is 59.9 Å². The van der Waals surface area contributed by atoms with Gasteiger partial charge in [-0.1, -0.05) is 19.4 Å². The van der Waals surface area contributed by atoms with Crippen LogP contribution in [0.2, 0.25) is 0 Å². The van der Waals surface area contributed by atoms with Gasteiger partial charge in [-0.05, 0) is 80.5 Å². The van der Waals surface area contributed by atoms with Gasteiger partial charge in [-0.15, -0.1) is 0 Å². The first-order chi connectivity index (χ1) is 18.2. The molecule has 1 fully saturated rings. The molecule has 0 spiro atoms. The van der Waals surface area contributed by atoms with Gasteiger partial charge in [0, 0.05) is 24.3 Å². The Morgan fingerprint density at radius 2 is 1.95 bits per heavy atom. The smallest absolute Gasteiger partial charge is 0.391 e. The summed E-state index contributed by atoms with van der Waals surface area (Å²) in [6.45, 7) is 2.51. The van der Waals surface area contributed by atoms with Gasteiger partial charge in [-0.3, -0.25) is 14.6 Å². The Morgan fingerprint density at radius 1 is 1.18 bits per heavy atom. The number of aromatic nitrogens is 1. The summed E-state index contributed by atoms with van der Waals surface area (Å²) >= 11 is 0. The van der Waals surface area contributed by atoms with Gasteiger partial charge in [0.15, 0.2) is 0 Å². The number of nitrogens with one attached hydrogen (secondary N) is 2. The quantitative estimate of drug-likeness (QED) is 0.318. The number of aliphatic carboxylic acids is 1. The molecule has 1 aliphatic heterocycles. The second-order valence-corrected chi connectivity index (χ2v) is 9.81. The molecule has 3 N–H and O–H groups in total. The van der Waals surface area contributed by atoms with E-state index in [1.54, 1.807) is 37.4 Å². The molecular weight excluding hydrogens is 499 g/mol. The molecule has 0 saturated carbocycles. The number of carbonyl (C=O) groups is 2. The maximum Gasteiger partial charge on any atom is 0.391 e. The van der Waals surface area contributed by atoms with Crippen LogP contribution in [0.5, 0.6) is 5.75 Å². The number of hydrogen-bond donors (Lipinski definition) is 3. The average Bonchev–Trinajstić information content (AvgIpc) is 2.90. The van der Waals surface area contributed by atoms with E-state index < -0.39 is 24.0 Å². The maximum absolute atomic E-state index is 13.8. The van der Waals surface area contributed by atoms with E-state index in [2.05, 4.69) is 15.6 Å². The highest BCUT2D eigenvalue weighted by Crippen LogP contribution is 2.39. The summed E-state index contributed by atoms with van der Waals surface area (Å²) in [7, 11) is 0. The highest BCUT2D eigenvalue weighted by atomic mass is 19.4. The molecule has 1 aromatic carbocycles. The molecular formula is C28H36F3N3O4. The lowest BCUT2D eigenvalue weighted by Crippen LogP contribution is -2.40. The topological polar surface area (TPSA) is 101 Å². The summed E-state index contributed by atoms with van der Waals surface area (Å²) in [5.41, 5.74) is 1.28. The summed E-state index contributed by atoms with van der Waals surface area (Å²) in [4.78, 5) is 27.2. The Hall–Kier alpha value is -3.14. The highest BCUT2D eigenvalue weighted by Gasteiger charge is 2.42. The van der Waals surface area contributed by atoms with Crippen molar-refractivity contribution in [2.45, 2.75) is 57.7 Å². The van der Waals surface area contributed by atoms with Crippen LogP contribution in [0, 0.1) is 17.8 Å². The van der Waals surface area contributed by atoms with Crippen LogP contribution in [0.4, 0.5) is 13.2 Å². The molecule has 1 aromatic heterocycles. The van der Waals surface area contributed by atoms with E-state index in [0.29, 0.717) is 24.3 Å². The van der Waals surface area contributed by atoms with E-state index >= 15 is 0 Å². The molecule has 0 radical (unpaired) electrons. The van der Waals surface area contributed by atoms with E-state index in [1.807, 2.05) is 18.2 Å². The van der Waals surface area contributed by atoms with Gasteiger partial charge in [-0.2, -0.15) is 13.2 Å². The third kappa shape index (κ3) is 9.01. The zero-order chi connectivity index (χ0) is 27.5. The summed E-state index contributed by atoms with van der Waals surface area (Å²) in [5.74, 6) is -2.60. The van der Waals surface area contributed by atoms with Gasteiger partial charge in [0.25, 0.3) is 5.91 Å². The standard InChI is InChI=1S/C28H36F3N3O4/c1-2-5-22(28(29,30)31)16-21(20-9-12-25(34-17-20)24-6-3-4-14-32-24)18-38-23-10-7-19(8-11-23)27(37)33-15-13-26(35)36/h3-4,6-8,10-11,14,20-22,25,34H,2,5,9,12-13,15-18H2,1H3,(H,33,37)(H,35,36)/t20?,21?,22-,25+/m0/s1. The number of carbonyl (C=O) groups excluding carboxylic acids is 1. The fourth-order valence-corrected chi connectivity index (χ4v) is 4.93. The second kappa shape index (κ2) is 14.1. The number of piperidine rings is 1. The summed E-state index contributed by atoms with van der Waals surface area (Å²) in [5, 5.41) is 14.7. The Bertz CT molecular complexity index is 1010. The SMILES string of the molecule is CCC[C@@H](CC(COc1ccc(C(=O)NCCC(=O)O)cc1)C1CC[C@H](c2ccccn2)NC1)C(F)(F)F. The minimum atomic E-state index is -4.26. The summed E-state index contributed by atoms with van der Waals surface area (Å²) in [6, 6.07) is 12.1. The van der Waals surface area contributed by atoms with Gasteiger partial charge >= 0.3 is 12.1 Å². The number of carboxylic acids is 1. The van der Waals surface area contributed by atoms with Gasteiger partial charge in [-0.25, -0.2) is 0 Å². The molecule has 1 saturated heterocycles. The number of benzene rings is 1. The minimum Gasteiger partial charge on any atom is -0.493 e. The van der Waals surface area contributed by atoms with Crippen LogP contribution in [-0.4, -0.2) is 47.8 Å². The first-order valence-electron chi connectivity index (χ1n) is 13.1. The molecule has 7 nitrogen and oxygen atoms in total. The van der Waals surface area contributed by atoms with Gasteiger partial charge < -0.3 is 20.5 Å². The lowest BCUT2D eigenvalue weighted by atomic mass is 9.78. The van der Waals surface area contributed by atoms with Crippen LogP contribution < -0.4 is 15.4 Å². The number of amides is 1. The number of alkyl halides is 3. The van der Waals surface area contributed by atoms with Crippen molar-refractivity contribution < 1.29 is 32.6 Å². The molecule has 2 aromatic rings. The van der Waals surface area contributed by atoms with Crippen molar-refractivity contribution in [3.63, 3.8) is 0 Å². The van der Waals surface area contributed by atoms with Gasteiger partial charge in [0.1, 0.15) is 5.75 Å². The first kappa shape index (κ1) is 29.4. The summed E-state index contributed by atoms with van der Waals surface area (Å²) in [6.07, 6.45) is -0.596. The highest BCUT2D eigenvalue weighted by molar-refractivity contribution is 5.94. The van der Waals surface area contributed by atoms with Gasteiger partial charge in [0.05, 0.1) is 24.6 Å². The largest absolute Gasteiger partial charge is 0.493 e. The van der Waals surface area contributed by atoms with E-state index in [0.717, 1.165) is 18.5 Å². The zero-order valence-electron chi connectivity index (χ0n) is 21.5. The molecule has 1 amide bonds. The monoisotopic (exact) mass is 535 g/mol. The third-order valence-electron chi connectivity index (χ3n) is 7.06. The fraction of sp³-hybridized carbons (Fsp3) is 0.536. The number of halogens is 3. The molecule has 208 valence electrons. The number of pyridine rings is 1. The number of hydrogen-bond acceptors (Lipinski definition) is 5. The van der Waals surface area contributed by atoms with Crippen molar-refractivity contribution in [1.29, 1.82) is 0 Å². The molecule has 38 heavy (non-hydrogen) atoms. The Balaban J connectivity index is 1.64. The number of nitrogens with zero attached hydrogens (tertiary/aromatic N) is 1. The molecule has 10 heteroatoms. The number of carboxylic acid groups (broad SMARTS) is 1. The predicted molar refractivity (Wildman–Crippen MR) is 137 cm³/mol. The van der Waals surface area contributed by atoms with E-state index in [4.69, 9.17) is 9.84 Å². The third-order valence-corrected chi connectivity index (χ3v) is 7.06. The predicted octanol–water partition coefficient (Wildman–Crippen LogP) is 5.39. The van der Waals surface area contributed by atoms with E-state index in [1.165, 1.54) is 0 Å². The molecule has 4 atom stereocenters. The van der Waals surface area contributed by atoms with Gasteiger partial charge in [0.2, 0.25) is 0 Å². The first-order valence-corrected chi connectivity index (χ1v) is 13.1. The lowest BCUT2D eigenvalue weighted by Gasteiger charge is -2.36. The lowest BCUT2D eigenvalue weighted by molar-refractivity contribution is -0.183. The second-order valence-electron chi connectivity index (χ2n) is 9.81. The van der Waals surface area contributed by atoms with Crippen molar-refractivity contribution in [2.75, 3.05) is 19.7 Å².